The van der Waals surface area contributed by atoms with Gasteiger partial charge in [-0.1, -0.05) is 30.3 Å². The van der Waals surface area contributed by atoms with Crippen molar-refractivity contribution in [3.05, 3.63) is 53.6 Å². The topological polar surface area (TPSA) is 27.7 Å². The fourth-order valence-electron chi connectivity index (χ4n) is 2.47. The standard InChI is InChI=1S/C20H26O3/c1-5-21-20(22-6-2)14-23-18-12-10-17(11-13-18)19-9-7-8-15(3)16(19)4/h7-13,20H,5-6,14H2,1-4H3. The van der Waals surface area contributed by atoms with Crippen molar-refractivity contribution in [1.29, 1.82) is 0 Å². The summed E-state index contributed by atoms with van der Waals surface area (Å²) in [4.78, 5) is 0. The normalized spacial score (nSPS) is 11.0. The smallest absolute Gasteiger partial charge is 0.191 e. The first kappa shape index (κ1) is 17.5. The molecule has 0 spiro atoms. The van der Waals surface area contributed by atoms with Gasteiger partial charge in [-0.05, 0) is 62.1 Å². The van der Waals surface area contributed by atoms with E-state index in [4.69, 9.17) is 14.2 Å². The zero-order valence-electron chi connectivity index (χ0n) is 14.5. The Labute approximate surface area is 139 Å². The van der Waals surface area contributed by atoms with Crippen LogP contribution in [0.25, 0.3) is 11.1 Å². The minimum Gasteiger partial charge on any atom is -0.488 e. The minimum absolute atomic E-state index is 0.316. The third-order valence-electron chi connectivity index (χ3n) is 3.86. The van der Waals surface area contributed by atoms with Gasteiger partial charge in [0.15, 0.2) is 6.29 Å². The lowest BCUT2D eigenvalue weighted by molar-refractivity contribution is -0.152. The summed E-state index contributed by atoms with van der Waals surface area (Å²) >= 11 is 0. The monoisotopic (exact) mass is 314 g/mol. The molecule has 0 fully saturated rings. The van der Waals surface area contributed by atoms with Crippen molar-refractivity contribution < 1.29 is 14.2 Å². The highest BCUT2D eigenvalue weighted by atomic mass is 16.7. The van der Waals surface area contributed by atoms with Crippen molar-refractivity contribution >= 4 is 0 Å². The molecule has 23 heavy (non-hydrogen) atoms. The van der Waals surface area contributed by atoms with Crippen LogP contribution in [0.2, 0.25) is 0 Å². The van der Waals surface area contributed by atoms with Gasteiger partial charge in [0.05, 0.1) is 0 Å². The second-order valence-corrected chi connectivity index (χ2v) is 5.42. The van der Waals surface area contributed by atoms with Gasteiger partial charge in [0, 0.05) is 13.2 Å². The molecule has 0 saturated heterocycles. The summed E-state index contributed by atoms with van der Waals surface area (Å²) in [6.45, 7) is 9.81. The average Bonchev–Trinajstić information content (AvgIpc) is 2.56. The Morgan fingerprint density at radius 2 is 1.52 bits per heavy atom. The maximum absolute atomic E-state index is 5.77. The second kappa shape index (κ2) is 8.70. The molecule has 0 saturated carbocycles. The number of benzene rings is 2. The van der Waals surface area contributed by atoms with Crippen molar-refractivity contribution in [2.24, 2.45) is 0 Å². The van der Waals surface area contributed by atoms with Crippen LogP contribution in [0, 0.1) is 13.8 Å². The molecule has 3 heteroatoms. The number of rotatable bonds is 8. The number of ether oxygens (including phenoxy) is 3. The lowest BCUT2D eigenvalue weighted by atomic mass is 9.97. The largest absolute Gasteiger partial charge is 0.488 e. The molecule has 0 amide bonds. The van der Waals surface area contributed by atoms with Crippen molar-refractivity contribution in [1.82, 2.24) is 0 Å². The van der Waals surface area contributed by atoms with Crippen LogP contribution in [-0.2, 0) is 9.47 Å². The van der Waals surface area contributed by atoms with E-state index in [0.717, 1.165) is 5.75 Å². The first-order valence-corrected chi connectivity index (χ1v) is 8.18. The highest BCUT2D eigenvalue weighted by molar-refractivity contribution is 5.68. The molecule has 0 aliphatic heterocycles. The number of hydrogen-bond donors (Lipinski definition) is 0. The van der Waals surface area contributed by atoms with E-state index >= 15 is 0 Å². The zero-order valence-corrected chi connectivity index (χ0v) is 14.5. The summed E-state index contributed by atoms with van der Waals surface area (Å²) in [6, 6.07) is 14.5. The molecule has 0 atom stereocenters. The quantitative estimate of drug-likeness (QED) is 0.658. The van der Waals surface area contributed by atoms with E-state index in [2.05, 4.69) is 44.2 Å². The Morgan fingerprint density at radius 1 is 0.870 bits per heavy atom. The highest BCUT2D eigenvalue weighted by Crippen LogP contribution is 2.27. The van der Waals surface area contributed by atoms with Gasteiger partial charge in [-0.25, -0.2) is 0 Å². The van der Waals surface area contributed by atoms with Crippen LogP contribution in [0.15, 0.2) is 42.5 Å². The third kappa shape index (κ3) is 4.81. The molecule has 2 rings (SSSR count). The maximum Gasteiger partial charge on any atom is 0.191 e. The summed E-state index contributed by atoms with van der Waals surface area (Å²) in [5, 5.41) is 0. The van der Waals surface area contributed by atoms with E-state index in [1.807, 2.05) is 26.0 Å². The van der Waals surface area contributed by atoms with Crippen LogP contribution in [-0.4, -0.2) is 26.1 Å². The molecular weight excluding hydrogens is 288 g/mol. The molecule has 0 heterocycles. The predicted molar refractivity (Wildman–Crippen MR) is 93.9 cm³/mol. The molecule has 0 aliphatic rings. The number of aryl methyl sites for hydroxylation is 1. The SMILES string of the molecule is CCOC(COc1ccc(-c2cccc(C)c2C)cc1)OCC. The fourth-order valence-corrected chi connectivity index (χ4v) is 2.47. The van der Waals surface area contributed by atoms with E-state index in [0.29, 0.717) is 19.8 Å². The molecule has 0 radical (unpaired) electrons. The van der Waals surface area contributed by atoms with Crippen molar-refractivity contribution in [3.63, 3.8) is 0 Å². The third-order valence-corrected chi connectivity index (χ3v) is 3.86. The summed E-state index contributed by atoms with van der Waals surface area (Å²) in [5.41, 5.74) is 5.08. The molecule has 0 N–H and O–H groups in total. The van der Waals surface area contributed by atoms with Gasteiger partial charge in [0.25, 0.3) is 0 Å². The van der Waals surface area contributed by atoms with Crippen LogP contribution >= 0.6 is 0 Å². The summed E-state index contributed by atoms with van der Waals surface area (Å²) < 4.78 is 16.7. The van der Waals surface area contributed by atoms with Crippen LogP contribution in [0.5, 0.6) is 5.75 Å². The van der Waals surface area contributed by atoms with Crippen molar-refractivity contribution in [2.45, 2.75) is 34.0 Å². The van der Waals surface area contributed by atoms with Crippen LogP contribution in [0.4, 0.5) is 0 Å². The summed E-state index contributed by atoms with van der Waals surface area (Å²) in [7, 11) is 0. The van der Waals surface area contributed by atoms with Gasteiger partial charge in [-0.15, -0.1) is 0 Å². The van der Waals surface area contributed by atoms with Gasteiger partial charge in [0.2, 0.25) is 0 Å². The lowest BCUT2D eigenvalue weighted by Gasteiger charge is -2.17. The van der Waals surface area contributed by atoms with Crippen LogP contribution in [0.1, 0.15) is 25.0 Å². The van der Waals surface area contributed by atoms with Crippen molar-refractivity contribution in [2.75, 3.05) is 19.8 Å². The second-order valence-electron chi connectivity index (χ2n) is 5.42. The van der Waals surface area contributed by atoms with Gasteiger partial charge in [-0.3, -0.25) is 0 Å². The van der Waals surface area contributed by atoms with Gasteiger partial charge < -0.3 is 14.2 Å². The first-order valence-electron chi connectivity index (χ1n) is 8.18. The highest BCUT2D eigenvalue weighted by Gasteiger charge is 2.09. The van der Waals surface area contributed by atoms with Gasteiger partial charge in [-0.2, -0.15) is 0 Å². The molecule has 0 bridgehead atoms. The molecule has 0 aliphatic carbocycles. The Bertz CT molecular complexity index is 599. The van der Waals surface area contributed by atoms with Gasteiger partial charge >= 0.3 is 0 Å². The molecule has 0 unspecified atom stereocenters. The Morgan fingerprint density at radius 3 is 2.13 bits per heavy atom. The molecule has 3 nitrogen and oxygen atoms in total. The Kier molecular flexibility index (Phi) is 6.63. The Hall–Kier alpha value is -1.84. The van der Waals surface area contributed by atoms with E-state index in [1.54, 1.807) is 0 Å². The van der Waals surface area contributed by atoms with Crippen molar-refractivity contribution in [3.8, 4) is 16.9 Å². The van der Waals surface area contributed by atoms with E-state index < -0.39 is 0 Å². The first-order chi connectivity index (χ1) is 11.2. The van der Waals surface area contributed by atoms with Crippen LogP contribution < -0.4 is 4.74 Å². The predicted octanol–water partition coefficient (Wildman–Crippen LogP) is 4.75. The minimum atomic E-state index is -0.316. The zero-order chi connectivity index (χ0) is 16.7. The molecule has 2 aromatic carbocycles. The van der Waals surface area contributed by atoms with E-state index in [-0.39, 0.29) is 6.29 Å². The lowest BCUT2D eigenvalue weighted by Crippen LogP contribution is -2.25. The van der Waals surface area contributed by atoms with E-state index in [9.17, 15) is 0 Å². The van der Waals surface area contributed by atoms with E-state index in [1.165, 1.54) is 22.3 Å². The summed E-state index contributed by atoms with van der Waals surface area (Å²) in [6.07, 6.45) is -0.316. The number of hydrogen-bond acceptors (Lipinski definition) is 3. The molecule has 2 aromatic rings. The average molecular weight is 314 g/mol. The molecular formula is C20H26O3. The van der Waals surface area contributed by atoms with Crippen LogP contribution in [0.3, 0.4) is 0 Å². The summed E-state index contributed by atoms with van der Waals surface area (Å²) in [5.74, 6) is 0.823. The molecule has 0 aromatic heterocycles. The molecule has 124 valence electrons. The fraction of sp³-hybridized carbons (Fsp3) is 0.400. The Balaban J connectivity index is 2.03. The van der Waals surface area contributed by atoms with Gasteiger partial charge in [0.1, 0.15) is 12.4 Å². The maximum atomic E-state index is 5.77.